The van der Waals surface area contributed by atoms with Crippen LogP contribution in [0.1, 0.15) is 0 Å². The molecule has 0 radical (unpaired) electrons. The molecule has 1 aliphatic rings. The highest BCUT2D eigenvalue weighted by atomic mass is 19.1. The number of pyridine rings is 2. The molecule has 2 aromatic heterocycles. The third kappa shape index (κ3) is 4.35. The molecule has 1 saturated heterocycles. The Hall–Kier alpha value is -2.82. The number of hydrogen-bond acceptors (Lipinski definition) is 8. The average Bonchev–Trinajstić information content (AvgIpc) is 2.70. The lowest BCUT2D eigenvalue weighted by Gasteiger charge is -2.39. The van der Waals surface area contributed by atoms with Crippen molar-refractivity contribution in [3.8, 4) is 11.3 Å². The number of hydrogen-bond donors (Lipinski definition) is 3. The number of nitroso groups, excluding NO2 is 1. The molecule has 1 fully saturated rings. The molecular formula is C18H22FN7O2. The number of anilines is 1. The molecule has 28 heavy (non-hydrogen) atoms. The van der Waals surface area contributed by atoms with E-state index in [4.69, 9.17) is 5.73 Å². The molecule has 1 aliphatic heterocycles. The van der Waals surface area contributed by atoms with Gasteiger partial charge in [0.1, 0.15) is 12.1 Å². The first-order valence-corrected chi connectivity index (χ1v) is 8.83. The van der Waals surface area contributed by atoms with E-state index in [2.05, 4.69) is 25.8 Å². The number of aromatic nitrogens is 2. The molecule has 0 spiro atoms. The molecule has 3 heterocycles. The van der Waals surface area contributed by atoms with Gasteiger partial charge in [0.25, 0.3) is 0 Å². The van der Waals surface area contributed by atoms with Crippen molar-refractivity contribution in [1.29, 1.82) is 0 Å². The summed E-state index contributed by atoms with van der Waals surface area (Å²) in [6, 6.07) is 7.15. The number of nitrogens with one attached hydrogen (secondary N) is 2. The van der Waals surface area contributed by atoms with Crippen molar-refractivity contribution < 1.29 is 9.18 Å². The predicted molar refractivity (Wildman–Crippen MR) is 103 cm³/mol. The van der Waals surface area contributed by atoms with Crippen LogP contribution in [-0.2, 0) is 4.79 Å². The first-order chi connectivity index (χ1) is 13.5. The maximum atomic E-state index is 13.6. The van der Waals surface area contributed by atoms with Crippen LogP contribution in [0.15, 0.2) is 48.0 Å². The Morgan fingerprint density at radius 1 is 1.43 bits per heavy atom. The second-order valence-electron chi connectivity index (χ2n) is 6.64. The number of rotatable bonds is 6. The molecule has 3 rings (SSSR count). The Kier molecular flexibility index (Phi) is 6.34. The molecule has 148 valence electrons. The van der Waals surface area contributed by atoms with Crippen LogP contribution in [0, 0.1) is 10.8 Å². The zero-order valence-electron chi connectivity index (χ0n) is 15.3. The van der Waals surface area contributed by atoms with Crippen molar-refractivity contribution >= 4 is 11.6 Å². The minimum absolute atomic E-state index is 0.0659. The van der Waals surface area contributed by atoms with Crippen molar-refractivity contribution in [2.24, 2.45) is 16.8 Å². The third-order valence-corrected chi connectivity index (χ3v) is 4.66. The Morgan fingerprint density at radius 3 is 2.93 bits per heavy atom. The van der Waals surface area contributed by atoms with E-state index in [1.807, 2.05) is 6.07 Å². The highest BCUT2D eigenvalue weighted by molar-refractivity contribution is 5.96. The maximum Gasteiger partial charge on any atom is 0.234 e. The average molecular weight is 387 g/mol. The Morgan fingerprint density at radius 2 is 2.25 bits per heavy atom. The van der Waals surface area contributed by atoms with Crippen LogP contribution >= 0.6 is 0 Å². The summed E-state index contributed by atoms with van der Waals surface area (Å²) in [5.41, 5.74) is 7.57. The molecule has 4 atom stereocenters. The van der Waals surface area contributed by atoms with Gasteiger partial charge in [-0.1, -0.05) is 11.2 Å². The van der Waals surface area contributed by atoms with E-state index in [1.54, 1.807) is 42.5 Å². The lowest BCUT2D eigenvalue weighted by Crippen LogP contribution is -2.62. The number of alkyl halides is 1. The van der Waals surface area contributed by atoms with Crippen molar-refractivity contribution in [1.82, 2.24) is 20.2 Å². The molecule has 0 aliphatic carbocycles. The van der Waals surface area contributed by atoms with Gasteiger partial charge in [0, 0.05) is 31.0 Å². The smallest absolute Gasteiger partial charge is 0.234 e. The summed E-state index contributed by atoms with van der Waals surface area (Å²) in [4.78, 5) is 34.1. The SMILES string of the molecule is CN1CC(F)CNC1C(C(=O)Nc1cnccc1-c1ccccn1)C(N)N=O. The van der Waals surface area contributed by atoms with Gasteiger partial charge in [-0.25, -0.2) is 4.39 Å². The number of carbonyl (C=O) groups is 1. The molecule has 10 heteroatoms. The number of amides is 1. The van der Waals surface area contributed by atoms with E-state index in [-0.39, 0.29) is 13.1 Å². The highest BCUT2D eigenvalue weighted by Crippen LogP contribution is 2.26. The van der Waals surface area contributed by atoms with Crippen LogP contribution in [0.2, 0.25) is 0 Å². The van der Waals surface area contributed by atoms with Crippen LogP contribution in [-0.4, -0.2) is 59.4 Å². The van der Waals surface area contributed by atoms with E-state index in [9.17, 15) is 14.1 Å². The largest absolute Gasteiger partial charge is 0.324 e. The molecule has 2 aromatic rings. The fourth-order valence-electron chi connectivity index (χ4n) is 3.30. The van der Waals surface area contributed by atoms with Crippen LogP contribution in [0.4, 0.5) is 10.1 Å². The van der Waals surface area contributed by atoms with E-state index in [0.29, 0.717) is 16.9 Å². The quantitative estimate of drug-likeness (QED) is 0.630. The van der Waals surface area contributed by atoms with Crippen LogP contribution in [0.25, 0.3) is 11.3 Å². The fourth-order valence-corrected chi connectivity index (χ4v) is 3.30. The fraction of sp³-hybridized carbons (Fsp3) is 0.389. The molecule has 9 nitrogen and oxygen atoms in total. The highest BCUT2D eigenvalue weighted by Gasteiger charge is 2.40. The first kappa shape index (κ1) is 19.9. The molecule has 1 amide bonds. The molecule has 4 N–H and O–H groups in total. The number of nitrogens with zero attached hydrogens (tertiary/aromatic N) is 4. The number of carbonyl (C=O) groups excluding carboxylic acids is 1. The zero-order chi connectivity index (χ0) is 20.1. The molecular weight excluding hydrogens is 365 g/mol. The summed E-state index contributed by atoms with van der Waals surface area (Å²) in [5.74, 6) is -1.54. The molecule has 0 saturated carbocycles. The minimum Gasteiger partial charge on any atom is -0.324 e. The lowest BCUT2D eigenvalue weighted by molar-refractivity contribution is -0.124. The van der Waals surface area contributed by atoms with Crippen LogP contribution in [0.3, 0.4) is 0 Å². The van der Waals surface area contributed by atoms with Gasteiger partial charge in [0.2, 0.25) is 5.91 Å². The summed E-state index contributed by atoms with van der Waals surface area (Å²) in [6.45, 7) is 0.190. The van der Waals surface area contributed by atoms with Gasteiger partial charge in [-0.15, -0.1) is 4.91 Å². The number of halogens is 1. The Bertz CT molecular complexity index is 823. The molecule has 4 unspecified atom stereocenters. The Balaban J connectivity index is 1.86. The van der Waals surface area contributed by atoms with Crippen molar-refractivity contribution in [3.63, 3.8) is 0 Å². The van der Waals surface area contributed by atoms with E-state index in [0.717, 1.165) is 0 Å². The maximum absolute atomic E-state index is 13.6. The number of nitrogens with two attached hydrogens (primary N) is 1. The summed E-state index contributed by atoms with van der Waals surface area (Å²) in [7, 11) is 1.66. The lowest BCUT2D eigenvalue weighted by atomic mass is 9.98. The summed E-state index contributed by atoms with van der Waals surface area (Å²) < 4.78 is 13.6. The first-order valence-electron chi connectivity index (χ1n) is 8.83. The van der Waals surface area contributed by atoms with E-state index >= 15 is 0 Å². The second-order valence-corrected chi connectivity index (χ2v) is 6.64. The topological polar surface area (TPSA) is 126 Å². The van der Waals surface area contributed by atoms with Gasteiger partial charge in [0.15, 0.2) is 6.17 Å². The molecule has 0 aromatic carbocycles. The molecule has 0 bridgehead atoms. The van der Waals surface area contributed by atoms with E-state index in [1.165, 1.54) is 6.20 Å². The summed E-state index contributed by atoms with van der Waals surface area (Å²) in [6.07, 6.45) is 1.73. The van der Waals surface area contributed by atoms with Gasteiger partial charge in [0.05, 0.1) is 23.7 Å². The van der Waals surface area contributed by atoms with Crippen LogP contribution in [0.5, 0.6) is 0 Å². The summed E-state index contributed by atoms with van der Waals surface area (Å²) >= 11 is 0. The normalized spacial score (nSPS) is 22.2. The second kappa shape index (κ2) is 8.91. The van der Waals surface area contributed by atoms with Crippen molar-refractivity contribution in [2.45, 2.75) is 18.5 Å². The van der Waals surface area contributed by atoms with Gasteiger partial charge in [-0.2, -0.15) is 0 Å². The van der Waals surface area contributed by atoms with Crippen molar-refractivity contribution in [3.05, 3.63) is 47.8 Å². The van der Waals surface area contributed by atoms with Gasteiger partial charge < -0.3 is 11.1 Å². The Labute approximate surface area is 161 Å². The van der Waals surface area contributed by atoms with Gasteiger partial charge in [-0.05, 0) is 25.2 Å². The van der Waals surface area contributed by atoms with Gasteiger partial charge >= 0.3 is 0 Å². The summed E-state index contributed by atoms with van der Waals surface area (Å²) in [5, 5.41) is 8.54. The van der Waals surface area contributed by atoms with E-state index < -0.39 is 30.3 Å². The minimum atomic E-state index is -1.30. The van der Waals surface area contributed by atoms with Gasteiger partial charge in [-0.3, -0.25) is 25.0 Å². The zero-order valence-corrected chi connectivity index (χ0v) is 15.3. The van der Waals surface area contributed by atoms with Crippen LogP contribution < -0.4 is 16.4 Å². The predicted octanol–water partition coefficient (Wildman–Crippen LogP) is 0.949. The monoisotopic (exact) mass is 387 g/mol. The van der Waals surface area contributed by atoms with Crippen molar-refractivity contribution in [2.75, 3.05) is 25.5 Å². The third-order valence-electron chi connectivity index (χ3n) is 4.66. The standard InChI is InChI=1S/C18H22FN7O2/c1-26-10-11(19)8-23-17(26)15(16(20)25-28)18(27)24-14-9-21-7-5-12(14)13-4-2-3-6-22-13/h2-7,9,11,15-17,23H,8,10,20H2,1H3,(H,24,27).